The average molecular weight is 356 g/mol. The number of amides is 1. The number of nitrogens with one attached hydrogen (secondary N) is 1. The van der Waals surface area contributed by atoms with Crippen molar-refractivity contribution in [1.82, 2.24) is 0 Å². The van der Waals surface area contributed by atoms with Gasteiger partial charge < -0.3 is 11.1 Å². The number of rotatable bonds is 2. The van der Waals surface area contributed by atoms with E-state index in [2.05, 4.69) is 27.9 Å². The zero-order valence-electron chi connectivity index (χ0n) is 9.28. The Kier molecular flexibility index (Phi) is 3.81. The van der Waals surface area contributed by atoms with Gasteiger partial charge in [-0.25, -0.2) is 4.39 Å². The predicted molar refractivity (Wildman–Crippen MR) is 77.9 cm³/mol. The van der Waals surface area contributed by atoms with Crippen molar-refractivity contribution in [3.05, 3.63) is 57.4 Å². The van der Waals surface area contributed by atoms with E-state index in [9.17, 15) is 9.18 Å². The molecule has 0 aliphatic heterocycles. The van der Waals surface area contributed by atoms with Crippen LogP contribution in [0.15, 0.2) is 42.5 Å². The number of hydrogen-bond acceptors (Lipinski definition) is 2. The molecule has 0 atom stereocenters. The Morgan fingerprint density at radius 3 is 2.67 bits per heavy atom. The first-order valence-electron chi connectivity index (χ1n) is 5.18. The molecule has 2 aromatic carbocycles. The summed E-state index contributed by atoms with van der Waals surface area (Å²) in [5, 5.41) is 2.65. The minimum absolute atomic E-state index is 0.203. The fraction of sp³-hybridized carbons (Fsp3) is 0. The highest BCUT2D eigenvalue weighted by molar-refractivity contribution is 14.1. The molecule has 3 N–H and O–H groups in total. The van der Waals surface area contributed by atoms with Crippen molar-refractivity contribution in [2.75, 3.05) is 11.1 Å². The normalized spacial score (nSPS) is 10.1. The topological polar surface area (TPSA) is 55.1 Å². The first-order chi connectivity index (χ1) is 8.56. The standard InChI is InChI=1S/C13H10FIN2O/c14-9-4-5-12(11(16)7-9)17-13(18)8-2-1-3-10(15)6-8/h1-7H,16H2,(H,17,18). The number of carbonyl (C=O) groups is 1. The maximum absolute atomic E-state index is 12.9. The van der Waals surface area contributed by atoms with Crippen molar-refractivity contribution in [2.24, 2.45) is 0 Å². The molecule has 0 radical (unpaired) electrons. The van der Waals surface area contributed by atoms with Gasteiger partial charge in [0.2, 0.25) is 0 Å². The lowest BCUT2D eigenvalue weighted by atomic mass is 10.2. The molecule has 0 unspecified atom stereocenters. The van der Waals surface area contributed by atoms with Crippen LogP contribution in [0.25, 0.3) is 0 Å². The molecule has 0 saturated carbocycles. The molecule has 2 rings (SSSR count). The molecule has 1 amide bonds. The summed E-state index contributed by atoms with van der Waals surface area (Å²) >= 11 is 2.13. The summed E-state index contributed by atoms with van der Waals surface area (Å²) in [6, 6.07) is 11.0. The van der Waals surface area contributed by atoms with Crippen molar-refractivity contribution in [3.63, 3.8) is 0 Å². The van der Waals surface area contributed by atoms with Gasteiger partial charge in [-0.05, 0) is 59.0 Å². The van der Waals surface area contributed by atoms with Crippen LogP contribution >= 0.6 is 22.6 Å². The zero-order valence-corrected chi connectivity index (χ0v) is 11.4. The summed E-state index contributed by atoms with van der Waals surface area (Å²) in [6.45, 7) is 0. The fourth-order valence-electron chi connectivity index (χ4n) is 1.47. The van der Waals surface area contributed by atoms with Gasteiger partial charge in [0, 0.05) is 9.13 Å². The SMILES string of the molecule is Nc1cc(F)ccc1NC(=O)c1cccc(I)c1. The third kappa shape index (κ3) is 2.98. The molecule has 0 heterocycles. The van der Waals surface area contributed by atoms with Crippen LogP contribution in [-0.2, 0) is 0 Å². The van der Waals surface area contributed by atoms with Crippen LogP contribution in [-0.4, -0.2) is 5.91 Å². The molecule has 0 aromatic heterocycles. The van der Waals surface area contributed by atoms with E-state index < -0.39 is 5.82 Å². The maximum Gasteiger partial charge on any atom is 0.255 e. The first-order valence-corrected chi connectivity index (χ1v) is 6.26. The molecule has 2 aromatic rings. The van der Waals surface area contributed by atoms with Crippen LogP contribution < -0.4 is 11.1 Å². The van der Waals surface area contributed by atoms with Crippen LogP contribution in [0.3, 0.4) is 0 Å². The Morgan fingerprint density at radius 1 is 1.22 bits per heavy atom. The highest BCUT2D eigenvalue weighted by atomic mass is 127. The lowest BCUT2D eigenvalue weighted by Gasteiger charge is -2.08. The Bertz CT molecular complexity index is 601. The summed E-state index contributed by atoms with van der Waals surface area (Å²) in [7, 11) is 0. The summed E-state index contributed by atoms with van der Waals surface area (Å²) < 4.78 is 13.8. The molecule has 0 fully saturated rings. The van der Waals surface area contributed by atoms with Gasteiger partial charge >= 0.3 is 0 Å². The maximum atomic E-state index is 12.9. The van der Waals surface area contributed by atoms with E-state index in [1.165, 1.54) is 18.2 Å². The second kappa shape index (κ2) is 5.34. The molecule has 0 bridgehead atoms. The second-order valence-corrected chi connectivity index (χ2v) is 4.94. The molecule has 0 spiro atoms. The van der Waals surface area contributed by atoms with E-state index in [-0.39, 0.29) is 11.6 Å². The lowest BCUT2D eigenvalue weighted by Crippen LogP contribution is -2.13. The smallest absolute Gasteiger partial charge is 0.255 e. The highest BCUT2D eigenvalue weighted by Gasteiger charge is 2.08. The van der Waals surface area contributed by atoms with Gasteiger partial charge in [-0.2, -0.15) is 0 Å². The van der Waals surface area contributed by atoms with Gasteiger partial charge in [-0.15, -0.1) is 0 Å². The van der Waals surface area contributed by atoms with E-state index in [1.807, 2.05) is 6.07 Å². The van der Waals surface area contributed by atoms with E-state index in [1.54, 1.807) is 18.2 Å². The molecule has 92 valence electrons. The summed E-state index contributed by atoms with van der Waals surface area (Å²) in [4.78, 5) is 11.9. The van der Waals surface area contributed by atoms with Gasteiger partial charge in [-0.3, -0.25) is 4.79 Å². The minimum atomic E-state index is -0.431. The largest absolute Gasteiger partial charge is 0.397 e. The van der Waals surface area contributed by atoms with Crippen LogP contribution in [0.1, 0.15) is 10.4 Å². The highest BCUT2D eigenvalue weighted by Crippen LogP contribution is 2.20. The number of benzene rings is 2. The third-order valence-electron chi connectivity index (χ3n) is 2.35. The Balaban J connectivity index is 2.21. The first kappa shape index (κ1) is 12.8. The number of nitrogen functional groups attached to an aromatic ring is 1. The molecule has 5 heteroatoms. The van der Waals surface area contributed by atoms with Gasteiger partial charge in [0.1, 0.15) is 5.82 Å². The molecular weight excluding hydrogens is 346 g/mol. The van der Waals surface area contributed by atoms with E-state index in [4.69, 9.17) is 5.73 Å². The van der Waals surface area contributed by atoms with Crippen LogP contribution in [0.5, 0.6) is 0 Å². The van der Waals surface area contributed by atoms with Crippen molar-refractivity contribution in [2.45, 2.75) is 0 Å². The van der Waals surface area contributed by atoms with Crippen molar-refractivity contribution >= 4 is 39.9 Å². The molecule has 0 aliphatic rings. The number of carbonyl (C=O) groups excluding carboxylic acids is 1. The molecule has 0 saturated heterocycles. The second-order valence-electron chi connectivity index (χ2n) is 3.70. The predicted octanol–water partition coefficient (Wildman–Crippen LogP) is 3.26. The van der Waals surface area contributed by atoms with E-state index >= 15 is 0 Å². The average Bonchev–Trinajstić information content (AvgIpc) is 2.32. The third-order valence-corrected chi connectivity index (χ3v) is 3.02. The van der Waals surface area contributed by atoms with Crippen molar-refractivity contribution < 1.29 is 9.18 Å². The molecule has 3 nitrogen and oxygen atoms in total. The van der Waals surface area contributed by atoms with Gasteiger partial charge in [0.05, 0.1) is 11.4 Å². The summed E-state index contributed by atoms with van der Waals surface area (Å²) in [6.07, 6.45) is 0. The molecule has 0 aliphatic carbocycles. The Morgan fingerprint density at radius 2 is 2.00 bits per heavy atom. The molecular formula is C13H10FIN2O. The number of nitrogens with two attached hydrogens (primary N) is 1. The molecule has 18 heavy (non-hydrogen) atoms. The number of hydrogen-bond donors (Lipinski definition) is 2. The van der Waals surface area contributed by atoms with Gasteiger partial charge in [-0.1, -0.05) is 6.07 Å². The monoisotopic (exact) mass is 356 g/mol. The summed E-state index contributed by atoms with van der Waals surface area (Å²) in [5.41, 5.74) is 6.76. The Hall–Kier alpha value is -1.63. The summed E-state index contributed by atoms with van der Waals surface area (Å²) in [5.74, 6) is -0.702. The van der Waals surface area contributed by atoms with Crippen LogP contribution in [0.4, 0.5) is 15.8 Å². The van der Waals surface area contributed by atoms with Gasteiger partial charge in [0.25, 0.3) is 5.91 Å². The Labute approximate surface area is 117 Å². The lowest BCUT2D eigenvalue weighted by molar-refractivity contribution is 0.102. The zero-order chi connectivity index (χ0) is 13.1. The van der Waals surface area contributed by atoms with E-state index in [0.717, 1.165) is 3.57 Å². The number of anilines is 2. The number of halogens is 2. The van der Waals surface area contributed by atoms with Crippen molar-refractivity contribution in [3.8, 4) is 0 Å². The minimum Gasteiger partial charge on any atom is -0.397 e. The van der Waals surface area contributed by atoms with Crippen molar-refractivity contribution in [1.29, 1.82) is 0 Å². The fourth-order valence-corrected chi connectivity index (χ4v) is 2.01. The van der Waals surface area contributed by atoms with E-state index in [0.29, 0.717) is 11.3 Å². The quantitative estimate of drug-likeness (QED) is 0.641. The van der Waals surface area contributed by atoms with Crippen LogP contribution in [0.2, 0.25) is 0 Å². The van der Waals surface area contributed by atoms with Gasteiger partial charge in [0.15, 0.2) is 0 Å². The van der Waals surface area contributed by atoms with Crippen LogP contribution in [0, 0.1) is 9.39 Å².